The molecule has 1 fully saturated rings. The van der Waals surface area contributed by atoms with Crippen LogP contribution in [0.15, 0.2) is 18.2 Å². The lowest BCUT2D eigenvalue weighted by molar-refractivity contribution is 0.215. The van der Waals surface area contributed by atoms with Gasteiger partial charge in [-0.2, -0.15) is 0 Å². The Balaban J connectivity index is 1.83. The van der Waals surface area contributed by atoms with Crippen molar-refractivity contribution in [2.75, 3.05) is 19.6 Å². The maximum atomic E-state index is 13.1. The predicted octanol–water partition coefficient (Wildman–Crippen LogP) is 2.10. The minimum atomic E-state index is -0.113. The van der Waals surface area contributed by atoms with Crippen LogP contribution in [0.3, 0.4) is 0 Å². The number of nitrogens with two attached hydrogens (primary N) is 1. The second-order valence-electron chi connectivity index (χ2n) is 5.01. The molecule has 2 nitrogen and oxygen atoms in total. The topological polar surface area (TPSA) is 29.3 Å². The largest absolute Gasteiger partial charge is 0.328 e. The van der Waals surface area contributed by atoms with Crippen LogP contribution in [-0.2, 0) is 6.42 Å². The molecule has 1 aromatic carbocycles. The van der Waals surface area contributed by atoms with Gasteiger partial charge in [-0.05, 0) is 56.5 Å². The van der Waals surface area contributed by atoms with Gasteiger partial charge in [0.2, 0.25) is 0 Å². The van der Waals surface area contributed by atoms with Crippen molar-refractivity contribution in [1.82, 2.24) is 4.90 Å². The van der Waals surface area contributed by atoms with Gasteiger partial charge in [0.05, 0.1) is 0 Å². The van der Waals surface area contributed by atoms with E-state index < -0.39 is 0 Å². The summed E-state index contributed by atoms with van der Waals surface area (Å²) in [4.78, 5) is 2.45. The van der Waals surface area contributed by atoms with Crippen molar-refractivity contribution in [3.05, 3.63) is 35.1 Å². The van der Waals surface area contributed by atoms with Crippen LogP contribution in [0, 0.1) is 12.7 Å². The first-order chi connectivity index (χ1) is 8.15. The van der Waals surface area contributed by atoms with Gasteiger partial charge >= 0.3 is 0 Å². The maximum Gasteiger partial charge on any atom is 0.126 e. The van der Waals surface area contributed by atoms with Gasteiger partial charge in [0, 0.05) is 12.6 Å². The van der Waals surface area contributed by atoms with E-state index in [0.717, 1.165) is 44.5 Å². The number of hydrogen-bond donors (Lipinski definition) is 1. The highest BCUT2D eigenvalue weighted by Crippen LogP contribution is 2.12. The van der Waals surface area contributed by atoms with Crippen molar-refractivity contribution in [2.45, 2.75) is 32.2 Å². The van der Waals surface area contributed by atoms with E-state index in [0.29, 0.717) is 6.04 Å². The van der Waals surface area contributed by atoms with Gasteiger partial charge in [0.1, 0.15) is 5.82 Å². The van der Waals surface area contributed by atoms with Crippen LogP contribution in [-0.4, -0.2) is 30.6 Å². The first-order valence-corrected chi connectivity index (χ1v) is 6.38. The van der Waals surface area contributed by atoms with Crippen LogP contribution in [0.1, 0.15) is 24.0 Å². The van der Waals surface area contributed by atoms with Crippen molar-refractivity contribution >= 4 is 0 Å². The molecule has 1 heterocycles. The third kappa shape index (κ3) is 3.51. The lowest BCUT2D eigenvalue weighted by Gasteiger charge is -2.30. The van der Waals surface area contributed by atoms with Gasteiger partial charge in [0.15, 0.2) is 0 Å². The average molecular weight is 236 g/mol. The zero-order valence-corrected chi connectivity index (χ0v) is 10.5. The molecule has 17 heavy (non-hydrogen) atoms. The van der Waals surface area contributed by atoms with Gasteiger partial charge < -0.3 is 10.6 Å². The molecule has 1 aliphatic heterocycles. The summed E-state index contributed by atoms with van der Waals surface area (Å²) < 4.78 is 13.1. The lowest BCUT2D eigenvalue weighted by Crippen LogP contribution is -2.40. The SMILES string of the molecule is Cc1cc(CCN2CCC(N)CC2)ccc1F. The maximum absolute atomic E-state index is 13.1. The Morgan fingerprint density at radius 3 is 2.71 bits per heavy atom. The molecule has 1 aromatic rings. The van der Waals surface area contributed by atoms with Crippen LogP contribution in [0.5, 0.6) is 0 Å². The summed E-state index contributed by atoms with van der Waals surface area (Å²) in [5, 5.41) is 0. The standard InChI is InChI=1S/C14H21FN2/c1-11-10-12(2-3-14(11)15)4-7-17-8-5-13(16)6-9-17/h2-3,10,13H,4-9,16H2,1H3. The van der Waals surface area contributed by atoms with Crippen LogP contribution in [0.25, 0.3) is 0 Å². The van der Waals surface area contributed by atoms with Crippen molar-refractivity contribution in [2.24, 2.45) is 5.73 Å². The molecule has 2 rings (SSSR count). The Kier molecular flexibility index (Phi) is 4.13. The molecule has 0 atom stereocenters. The third-order valence-electron chi connectivity index (χ3n) is 3.57. The molecule has 0 aromatic heterocycles. The molecule has 0 spiro atoms. The molecule has 0 aliphatic carbocycles. The molecule has 0 radical (unpaired) electrons. The average Bonchev–Trinajstić information content (AvgIpc) is 2.33. The van der Waals surface area contributed by atoms with Gasteiger partial charge in [-0.3, -0.25) is 0 Å². The zero-order chi connectivity index (χ0) is 12.3. The Morgan fingerprint density at radius 1 is 1.35 bits per heavy atom. The first kappa shape index (κ1) is 12.5. The second-order valence-corrected chi connectivity index (χ2v) is 5.01. The van der Waals surface area contributed by atoms with Crippen LogP contribution < -0.4 is 5.73 Å². The number of halogens is 1. The number of hydrogen-bond acceptors (Lipinski definition) is 2. The Morgan fingerprint density at radius 2 is 2.06 bits per heavy atom. The summed E-state index contributed by atoms with van der Waals surface area (Å²) in [7, 11) is 0. The number of benzene rings is 1. The normalized spacial score (nSPS) is 18.5. The molecular formula is C14H21FN2. The molecule has 94 valence electrons. The number of rotatable bonds is 3. The molecule has 0 unspecified atom stereocenters. The number of likely N-dealkylation sites (tertiary alicyclic amines) is 1. The lowest BCUT2D eigenvalue weighted by atomic mass is 10.0. The summed E-state index contributed by atoms with van der Waals surface area (Å²) in [6.45, 7) is 5.07. The molecule has 0 saturated carbocycles. The van der Waals surface area contributed by atoms with E-state index >= 15 is 0 Å². The summed E-state index contributed by atoms with van der Waals surface area (Å²) in [5.74, 6) is -0.113. The molecule has 0 bridgehead atoms. The minimum Gasteiger partial charge on any atom is -0.328 e. The van der Waals surface area contributed by atoms with Crippen LogP contribution >= 0.6 is 0 Å². The third-order valence-corrected chi connectivity index (χ3v) is 3.57. The number of piperidine rings is 1. The monoisotopic (exact) mass is 236 g/mol. The zero-order valence-electron chi connectivity index (χ0n) is 10.5. The summed E-state index contributed by atoms with van der Waals surface area (Å²) in [5.41, 5.74) is 7.83. The molecule has 1 saturated heterocycles. The van der Waals surface area contributed by atoms with Gasteiger partial charge in [0.25, 0.3) is 0 Å². The van der Waals surface area contributed by atoms with E-state index in [-0.39, 0.29) is 5.82 Å². The smallest absolute Gasteiger partial charge is 0.126 e. The molecule has 2 N–H and O–H groups in total. The summed E-state index contributed by atoms with van der Waals surface area (Å²) in [6.07, 6.45) is 3.20. The fraction of sp³-hybridized carbons (Fsp3) is 0.571. The van der Waals surface area contributed by atoms with E-state index in [4.69, 9.17) is 5.73 Å². The highest BCUT2D eigenvalue weighted by Gasteiger charge is 2.15. The Hall–Kier alpha value is -0.930. The first-order valence-electron chi connectivity index (χ1n) is 6.38. The van der Waals surface area contributed by atoms with E-state index in [1.165, 1.54) is 5.56 Å². The second kappa shape index (κ2) is 5.61. The van der Waals surface area contributed by atoms with Gasteiger partial charge in [-0.1, -0.05) is 12.1 Å². The minimum absolute atomic E-state index is 0.113. The van der Waals surface area contributed by atoms with E-state index in [1.54, 1.807) is 6.07 Å². The fourth-order valence-corrected chi connectivity index (χ4v) is 2.33. The number of nitrogens with zero attached hydrogens (tertiary/aromatic N) is 1. The van der Waals surface area contributed by atoms with Crippen molar-refractivity contribution in [3.63, 3.8) is 0 Å². The molecule has 1 aliphatic rings. The Bertz CT molecular complexity index is 370. The van der Waals surface area contributed by atoms with E-state index in [2.05, 4.69) is 4.90 Å². The van der Waals surface area contributed by atoms with Gasteiger partial charge in [-0.15, -0.1) is 0 Å². The summed E-state index contributed by atoms with van der Waals surface area (Å²) in [6, 6.07) is 5.79. The van der Waals surface area contributed by atoms with Gasteiger partial charge in [-0.25, -0.2) is 4.39 Å². The van der Waals surface area contributed by atoms with Crippen molar-refractivity contribution in [3.8, 4) is 0 Å². The van der Waals surface area contributed by atoms with Crippen molar-refractivity contribution in [1.29, 1.82) is 0 Å². The van der Waals surface area contributed by atoms with E-state index in [9.17, 15) is 4.39 Å². The quantitative estimate of drug-likeness (QED) is 0.871. The molecule has 0 amide bonds. The van der Waals surface area contributed by atoms with E-state index in [1.807, 2.05) is 19.1 Å². The van der Waals surface area contributed by atoms with Crippen molar-refractivity contribution < 1.29 is 4.39 Å². The molecular weight excluding hydrogens is 215 g/mol. The summed E-state index contributed by atoms with van der Waals surface area (Å²) >= 11 is 0. The highest BCUT2D eigenvalue weighted by molar-refractivity contribution is 5.24. The number of aryl methyl sites for hydroxylation is 1. The predicted molar refractivity (Wildman–Crippen MR) is 68.5 cm³/mol. The Labute approximate surface area is 103 Å². The fourth-order valence-electron chi connectivity index (χ4n) is 2.33. The van der Waals surface area contributed by atoms with Crippen LogP contribution in [0.2, 0.25) is 0 Å². The highest BCUT2D eigenvalue weighted by atomic mass is 19.1. The molecule has 3 heteroatoms. The van der Waals surface area contributed by atoms with Crippen LogP contribution in [0.4, 0.5) is 4.39 Å².